The third-order valence-electron chi connectivity index (χ3n) is 6.98. The van der Waals surface area contributed by atoms with Gasteiger partial charge in [0.2, 0.25) is 5.91 Å². The summed E-state index contributed by atoms with van der Waals surface area (Å²) in [4.78, 5) is 16.5. The lowest BCUT2D eigenvalue weighted by atomic mass is 10.00. The first kappa shape index (κ1) is 27.0. The van der Waals surface area contributed by atoms with Crippen molar-refractivity contribution in [2.75, 3.05) is 11.1 Å². The molecule has 42 heavy (non-hydrogen) atoms. The van der Waals surface area contributed by atoms with Crippen LogP contribution in [0.25, 0.3) is 44.7 Å². The molecule has 9 nitrogen and oxygen atoms in total. The predicted molar refractivity (Wildman–Crippen MR) is 165 cm³/mol. The molecule has 0 fully saturated rings. The van der Waals surface area contributed by atoms with Gasteiger partial charge < -0.3 is 11.1 Å². The van der Waals surface area contributed by atoms with Crippen LogP contribution in [-0.4, -0.2) is 33.1 Å². The summed E-state index contributed by atoms with van der Waals surface area (Å²) in [5.74, 6) is -0.225. The van der Waals surface area contributed by atoms with Crippen molar-refractivity contribution in [2.24, 2.45) is 0 Å². The lowest BCUT2D eigenvalue weighted by molar-refractivity contribution is -0.114. The first-order valence-corrected chi connectivity index (χ1v) is 14.8. The van der Waals surface area contributed by atoms with Gasteiger partial charge in [0.05, 0.1) is 10.6 Å². The Morgan fingerprint density at radius 2 is 1.67 bits per heavy atom. The molecule has 3 heterocycles. The highest BCUT2D eigenvalue weighted by atomic mass is 32.2. The number of carbonyl (C=O) groups excluding carboxylic acids is 1. The number of pyridine rings is 1. The van der Waals surface area contributed by atoms with Crippen LogP contribution in [-0.2, 0) is 21.4 Å². The monoisotopic (exact) mass is 576 g/mol. The zero-order valence-corrected chi connectivity index (χ0v) is 23.8. The number of benzene rings is 3. The summed E-state index contributed by atoms with van der Waals surface area (Å²) < 4.78 is 31.5. The molecule has 6 aromatic rings. The summed E-state index contributed by atoms with van der Waals surface area (Å²) in [5, 5.41) is 8.25. The molecule has 0 spiro atoms. The topological polar surface area (TPSA) is 125 Å². The van der Waals surface area contributed by atoms with Gasteiger partial charge in [-0.15, -0.1) is 0 Å². The molecule has 0 aliphatic heterocycles. The smallest absolute Gasteiger partial charge is 0.269 e. The fraction of sp³-hybridized carbons (Fsp3) is 0.0938. The van der Waals surface area contributed by atoms with E-state index in [0.29, 0.717) is 34.6 Å². The Morgan fingerprint density at radius 3 is 2.38 bits per heavy atom. The van der Waals surface area contributed by atoms with Crippen molar-refractivity contribution in [3.63, 3.8) is 0 Å². The zero-order chi connectivity index (χ0) is 29.4. The van der Waals surface area contributed by atoms with Crippen LogP contribution in [0.1, 0.15) is 13.8 Å². The Balaban J connectivity index is 1.65. The second-order valence-electron chi connectivity index (χ2n) is 9.84. The molecule has 1 amide bonds. The maximum absolute atomic E-state index is 14.2. The summed E-state index contributed by atoms with van der Waals surface area (Å²) in [6.07, 6.45) is 3.57. The van der Waals surface area contributed by atoms with Gasteiger partial charge >= 0.3 is 0 Å². The molecule has 6 rings (SSSR count). The lowest BCUT2D eigenvalue weighted by Gasteiger charge is -2.13. The van der Waals surface area contributed by atoms with E-state index in [1.165, 1.54) is 10.9 Å². The molecule has 0 atom stereocenters. The minimum Gasteiger partial charge on any atom is -0.399 e. The minimum absolute atomic E-state index is 0.135. The highest BCUT2D eigenvalue weighted by molar-refractivity contribution is 7.90. The number of amides is 1. The van der Waals surface area contributed by atoms with Crippen molar-refractivity contribution in [1.82, 2.24) is 18.7 Å². The van der Waals surface area contributed by atoms with Gasteiger partial charge in [0.15, 0.2) is 5.65 Å². The molecule has 0 radical (unpaired) electrons. The molecule has 3 N–H and O–H groups in total. The molecule has 10 heteroatoms. The van der Waals surface area contributed by atoms with E-state index in [-0.39, 0.29) is 16.4 Å². The second-order valence-corrected chi connectivity index (χ2v) is 11.6. The molecule has 0 unspecified atom stereocenters. The van der Waals surface area contributed by atoms with E-state index in [0.717, 1.165) is 22.4 Å². The van der Waals surface area contributed by atoms with Crippen LogP contribution in [0.5, 0.6) is 0 Å². The van der Waals surface area contributed by atoms with Crippen LogP contribution in [0.3, 0.4) is 0 Å². The van der Waals surface area contributed by atoms with Gasteiger partial charge in [0, 0.05) is 59.3 Å². The number of hydrogen-bond acceptors (Lipinski definition) is 6. The normalized spacial score (nSPS) is 11.6. The average Bonchev–Trinajstić information content (AvgIpc) is 3.60. The Kier molecular flexibility index (Phi) is 6.83. The fourth-order valence-electron chi connectivity index (χ4n) is 5.05. The highest BCUT2D eigenvalue weighted by Gasteiger charge is 2.27. The largest absolute Gasteiger partial charge is 0.399 e. The van der Waals surface area contributed by atoms with Crippen molar-refractivity contribution in [2.45, 2.75) is 25.3 Å². The van der Waals surface area contributed by atoms with Gasteiger partial charge in [-0.1, -0.05) is 42.5 Å². The Hall–Kier alpha value is -5.22. The van der Waals surface area contributed by atoms with Crippen LogP contribution in [0.4, 0.5) is 11.4 Å². The number of carbonyl (C=O) groups is 1. The van der Waals surface area contributed by atoms with Gasteiger partial charge in [0.25, 0.3) is 10.0 Å². The number of nitrogen functional groups attached to an aromatic ring is 1. The summed E-state index contributed by atoms with van der Waals surface area (Å²) in [5.41, 5.74) is 11.7. The summed E-state index contributed by atoms with van der Waals surface area (Å²) >= 11 is 0. The summed E-state index contributed by atoms with van der Waals surface area (Å²) in [6, 6.07) is 26.6. The SMILES string of the molecule is CCn1cc(-c2ccnc3c2cc(-c2cccc(NC(C)=O)c2)n3S(=O)(=O)c2ccccc2)c(-c2ccc(N)cc2)n1. The molecule has 0 aliphatic carbocycles. The van der Waals surface area contributed by atoms with E-state index in [9.17, 15) is 13.2 Å². The number of nitrogens with zero attached hydrogens (tertiary/aromatic N) is 4. The number of hydrogen-bond donors (Lipinski definition) is 2. The van der Waals surface area contributed by atoms with Crippen LogP contribution in [0.15, 0.2) is 108 Å². The molecular formula is C32H28N6O3S. The second kappa shape index (κ2) is 10.6. The zero-order valence-electron chi connectivity index (χ0n) is 23.0. The van der Waals surface area contributed by atoms with Gasteiger partial charge in [-0.2, -0.15) is 5.10 Å². The molecule has 0 bridgehead atoms. The Bertz CT molecular complexity index is 2050. The van der Waals surface area contributed by atoms with E-state index in [1.54, 1.807) is 54.7 Å². The first-order valence-electron chi connectivity index (χ1n) is 13.4. The van der Waals surface area contributed by atoms with E-state index in [4.69, 9.17) is 10.8 Å². The molecule has 0 saturated heterocycles. The van der Waals surface area contributed by atoms with Crippen molar-refractivity contribution in [3.8, 4) is 33.6 Å². The molecule has 210 valence electrons. The number of aromatic nitrogens is 4. The Labute approximate surface area is 243 Å². The minimum atomic E-state index is -4.07. The van der Waals surface area contributed by atoms with E-state index in [2.05, 4.69) is 10.3 Å². The van der Waals surface area contributed by atoms with Crippen molar-refractivity contribution < 1.29 is 13.2 Å². The molecule has 3 aromatic heterocycles. The summed E-state index contributed by atoms with van der Waals surface area (Å²) in [7, 11) is -4.07. The maximum Gasteiger partial charge on any atom is 0.269 e. The highest BCUT2D eigenvalue weighted by Crippen LogP contribution is 2.40. The third kappa shape index (κ3) is 4.82. The van der Waals surface area contributed by atoms with Crippen molar-refractivity contribution in [3.05, 3.63) is 103 Å². The van der Waals surface area contributed by atoms with Gasteiger partial charge in [-0.3, -0.25) is 9.48 Å². The van der Waals surface area contributed by atoms with E-state index in [1.807, 2.05) is 60.3 Å². The number of anilines is 2. The first-order chi connectivity index (χ1) is 20.3. The predicted octanol–water partition coefficient (Wildman–Crippen LogP) is 6.03. The molecule has 0 saturated carbocycles. The number of aryl methyl sites for hydroxylation is 1. The number of nitrogens with one attached hydrogen (secondary N) is 1. The molecule has 0 aliphatic rings. The number of fused-ring (bicyclic) bond motifs is 1. The quantitative estimate of drug-likeness (QED) is 0.224. The van der Waals surface area contributed by atoms with Gasteiger partial charge in [-0.25, -0.2) is 17.4 Å². The maximum atomic E-state index is 14.2. The van der Waals surface area contributed by atoms with Crippen LogP contribution in [0, 0.1) is 0 Å². The van der Waals surface area contributed by atoms with Gasteiger partial charge in [-0.05, 0) is 61.0 Å². The van der Waals surface area contributed by atoms with Gasteiger partial charge in [0.1, 0.15) is 5.69 Å². The third-order valence-corrected chi connectivity index (χ3v) is 8.70. The number of nitrogens with two attached hydrogens (primary N) is 1. The molecule has 3 aromatic carbocycles. The van der Waals surface area contributed by atoms with E-state index >= 15 is 0 Å². The standard InChI is InChI=1S/C32H28N6O3S/c1-3-37-20-29(31(36-37)22-12-14-24(33)15-13-22)27-16-17-34-32-28(27)19-30(23-8-7-9-25(18-23)35-21(2)39)38(32)42(40,41)26-10-5-4-6-11-26/h4-20H,3,33H2,1-2H3,(H,35,39). The fourth-order valence-corrected chi connectivity index (χ4v) is 6.55. The Morgan fingerprint density at radius 1 is 0.905 bits per heavy atom. The lowest BCUT2D eigenvalue weighted by Crippen LogP contribution is -2.14. The summed E-state index contributed by atoms with van der Waals surface area (Å²) in [6.45, 7) is 4.09. The molecular weight excluding hydrogens is 548 g/mol. The van der Waals surface area contributed by atoms with Crippen molar-refractivity contribution >= 4 is 38.3 Å². The number of rotatable bonds is 7. The average molecular weight is 577 g/mol. The van der Waals surface area contributed by atoms with Crippen LogP contribution >= 0.6 is 0 Å². The van der Waals surface area contributed by atoms with Crippen LogP contribution < -0.4 is 11.1 Å². The van der Waals surface area contributed by atoms with Crippen molar-refractivity contribution in [1.29, 1.82) is 0 Å². The van der Waals surface area contributed by atoms with E-state index < -0.39 is 10.0 Å². The van der Waals surface area contributed by atoms with Crippen LogP contribution in [0.2, 0.25) is 0 Å².